The van der Waals surface area contributed by atoms with E-state index in [4.69, 9.17) is 0 Å². The monoisotopic (exact) mass is 464 g/mol. The molecule has 1 heterocycles. The molecule has 34 heavy (non-hydrogen) atoms. The summed E-state index contributed by atoms with van der Waals surface area (Å²) in [6.45, 7) is 5.49. The molecule has 0 saturated heterocycles. The predicted molar refractivity (Wildman–Crippen MR) is 132 cm³/mol. The molecular formula is C27H32N2O5. The van der Waals surface area contributed by atoms with Gasteiger partial charge in [-0.25, -0.2) is 0 Å². The number of carbonyl (C=O) groups excluding carboxylic acids is 1. The standard InChI is InChI=1S/C27H32N2O5/c1-4-27(33,34)16-15-20(26(31)32)24-21(18-11-7-5-8-12-18)22(23(29-24)17(2)3)25(30)28-19-13-9-6-10-14-19/h5-14,17,20,29,33-34H,4,15-16H2,1-3H3,(H,28,30)(H,31,32). The van der Waals surface area contributed by atoms with Crippen LogP contribution in [0.5, 0.6) is 0 Å². The van der Waals surface area contributed by atoms with E-state index in [-0.39, 0.29) is 31.1 Å². The summed E-state index contributed by atoms with van der Waals surface area (Å²) in [5.74, 6) is -4.55. The van der Waals surface area contributed by atoms with Gasteiger partial charge in [0.2, 0.25) is 0 Å². The number of aromatic nitrogens is 1. The molecule has 0 radical (unpaired) electrons. The van der Waals surface area contributed by atoms with Crippen LogP contribution in [-0.4, -0.2) is 38.0 Å². The molecule has 2 aromatic carbocycles. The predicted octanol–water partition coefficient (Wildman–Crippen LogP) is 5.10. The fraction of sp³-hybridized carbons (Fsp3) is 0.333. The lowest BCUT2D eigenvalue weighted by molar-refractivity contribution is -0.169. The number of benzene rings is 2. The van der Waals surface area contributed by atoms with Crippen LogP contribution in [0.25, 0.3) is 11.1 Å². The average Bonchev–Trinajstić information content (AvgIpc) is 3.21. The molecule has 180 valence electrons. The Labute approximate surface area is 199 Å². The molecule has 1 unspecified atom stereocenters. The van der Waals surface area contributed by atoms with E-state index < -0.39 is 17.7 Å². The molecule has 0 spiro atoms. The first-order chi connectivity index (χ1) is 16.1. The zero-order valence-electron chi connectivity index (χ0n) is 19.7. The summed E-state index contributed by atoms with van der Waals surface area (Å²) >= 11 is 0. The van der Waals surface area contributed by atoms with Gasteiger partial charge in [0.1, 0.15) is 0 Å². The Hall–Kier alpha value is -3.42. The summed E-state index contributed by atoms with van der Waals surface area (Å²) in [5, 5.41) is 33.2. The van der Waals surface area contributed by atoms with Crippen molar-refractivity contribution in [1.29, 1.82) is 0 Å². The number of para-hydroxylation sites is 1. The van der Waals surface area contributed by atoms with Crippen LogP contribution in [0.3, 0.4) is 0 Å². The molecule has 0 aliphatic rings. The molecule has 7 heteroatoms. The minimum Gasteiger partial charge on any atom is -0.481 e. The molecule has 3 rings (SSSR count). The number of aliphatic carboxylic acids is 1. The van der Waals surface area contributed by atoms with Gasteiger partial charge in [0.05, 0.1) is 11.5 Å². The van der Waals surface area contributed by atoms with Gasteiger partial charge in [-0.2, -0.15) is 0 Å². The summed E-state index contributed by atoms with van der Waals surface area (Å²) in [7, 11) is 0. The number of H-pyrrole nitrogens is 1. The van der Waals surface area contributed by atoms with E-state index in [0.717, 1.165) is 0 Å². The molecule has 1 atom stereocenters. The van der Waals surface area contributed by atoms with Crippen LogP contribution in [0.1, 0.15) is 73.6 Å². The number of aliphatic hydroxyl groups is 2. The summed E-state index contributed by atoms with van der Waals surface area (Å²) in [6, 6.07) is 18.3. The van der Waals surface area contributed by atoms with E-state index in [1.807, 2.05) is 62.4 Å². The van der Waals surface area contributed by atoms with E-state index in [9.17, 15) is 24.9 Å². The number of carbonyl (C=O) groups is 2. The molecular weight excluding hydrogens is 432 g/mol. The second kappa shape index (κ2) is 10.7. The molecule has 0 aliphatic carbocycles. The topological polar surface area (TPSA) is 123 Å². The first kappa shape index (κ1) is 25.2. The van der Waals surface area contributed by atoms with Gasteiger partial charge in [-0.1, -0.05) is 69.3 Å². The summed E-state index contributed by atoms with van der Waals surface area (Å²) in [5.41, 5.74) is 3.26. The minimum absolute atomic E-state index is 0.00615. The maximum Gasteiger partial charge on any atom is 0.312 e. The Morgan fingerprint density at radius 2 is 1.56 bits per heavy atom. The number of amides is 1. The molecule has 0 bridgehead atoms. The van der Waals surface area contributed by atoms with Crippen molar-refractivity contribution in [2.24, 2.45) is 0 Å². The highest BCUT2D eigenvalue weighted by Gasteiger charge is 2.34. The Balaban J connectivity index is 2.18. The molecule has 0 saturated carbocycles. The van der Waals surface area contributed by atoms with Crippen molar-refractivity contribution in [3.63, 3.8) is 0 Å². The van der Waals surface area contributed by atoms with E-state index >= 15 is 0 Å². The van der Waals surface area contributed by atoms with Gasteiger partial charge in [-0.3, -0.25) is 9.59 Å². The third-order valence-electron chi connectivity index (χ3n) is 6.00. The number of carboxylic acids is 1. The summed E-state index contributed by atoms with van der Waals surface area (Å²) in [6.07, 6.45) is -0.0400. The lowest BCUT2D eigenvalue weighted by Crippen LogP contribution is -2.28. The molecule has 7 nitrogen and oxygen atoms in total. The Morgan fingerprint density at radius 3 is 2.09 bits per heavy atom. The quantitative estimate of drug-likeness (QED) is 0.267. The lowest BCUT2D eigenvalue weighted by Gasteiger charge is -2.22. The summed E-state index contributed by atoms with van der Waals surface area (Å²) in [4.78, 5) is 29.1. The SMILES string of the molecule is CCC(O)(O)CCC(C(=O)O)c1[nH]c(C(C)C)c(C(=O)Nc2ccccc2)c1-c1ccccc1. The highest BCUT2D eigenvalue weighted by molar-refractivity contribution is 6.10. The Kier molecular flexibility index (Phi) is 7.91. The van der Waals surface area contributed by atoms with Gasteiger partial charge in [0.15, 0.2) is 5.79 Å². The van der Waals surface area contributed by atoms with Gasteiger partial charge in [-0.05, 0) is 36.5 Å². The van der Waals surface area contributed by atoms with Crippen molar-refractivity contribution in [2.75, 3.05) is 5.32 Å². The maximum atomic E-state index is 13.5. The van der Waals surface area contributed by atoms with Crippen molar-refractivity contribution in [1.82, 2.24) is 4.98 Å². The molecule has 5 N–H and O–H groups in total. The van der Waals surface area contributed by atoms with Crippen molar-refractivity contribution in [3.05, 3.63) is 77.6 Å². The van der Waals surface area contributed by atoms with Crippen LogP contribution in [0.4, 0.5) is 5.69 Å². The normalized spacial score (nSPS) is 12.5. The van der Waals surface area contributed by atoms with Gasteiger partial charge < -0.3 is 25.6 Å². The molecule has 1 aromatic heterocycles. The van der Waals surface area contributed by atoms with Gasteiger partial charge in [0, 0.05) is 29.1 Å². The number of aromatic amines is 1. The number of rotatable bonds is 10. The van der Waals surface area contributed by atoms with Crippen LogP contribution in [0, 0.1) is 0 Å². The summed E-state index contributed by atoms with van der Waals surface area (Å²) < 4.78 is 0. The van der Waals surface area contributed by atoms with E-state index in [1.165, 1.54) is 0 Å². The van der Waals surface area contributed by atoms with Crippen LogP contribution >= 0.6 is 0 Å². The highest BCUT2D eigenvalue weighted by atomic mass is 16.5. The second-order valence-electron chi connectivity index (χ2n) is 8.81. The Bertz CT molecular complexity index is 1120. The number of carboxylic acid groups (broad SMARTS) is 1. The van der Waals surface area contributed by atoms with Crippen LogP contribution < -0.4 is 5.32 Å². The van der Waals surface area contributed by atoms with Crippen LogP contribution in [0.2, 0.25) is 0 Å². The smallest absolute Gasteiger partial charge is 0.312 e. The zero-order chi connectivity index (χ0) is 24.9. The number of nitrogens with one attached hydrogen (secondary N) is 2. The van der Waals surface area contributed by atoms with E-state index in [0.29, 0.717) is 33.8 Å². The fourth-order valence-electron chi connectivity index (χ4n) is 4.03. The third-order valence-corrected chi connectivity index (χ3v) is 6.00. The highest BCUT2D eigenvalue weighted by Crippen LogP contribution is 2.39. The van der Waals surface area contributed by atoms with E-state index in [2.05, 4.69) is 10.3 Å². The Morgan fingerprint density at radius 1 is 0.971 bits per heavy atom. The molecule has 1 amide bonds. The van der Waals surface area contributed by atoms with Gasteiger partial charge in [0.25, 0.3) is 5.91 Å². The van der Waals surface area contributed by atoms with Crippen molar-refractivity contribution >= 4 is 17.6 Å². The third kappa shape index (κ3) is 5.73. The first-order valence-electron chi connectivity index (χ1n) is 11.5. The largest absolute Gasteiger partial charge is 0.481 e. The fourth-order valence-corrected chi connectivity index (χ4v) is 4.03. The van der Waals surface area contributed by atoms with Crippen LogP contribution in [-0.2, 0) is 4.79 Å². The average molecular weight is 465 g/mol. The lowest BCUT2D eigenvalue weighted by atomic mass is 9.89. The van der Waals surface area contributed by atoms with Gasteiger partial charge >= 0.3 is 5.97 Å². The van der Waals surface area contributed by atoms with E-state index in [1.54, 1.807) is 19.1 Å². The second-order valence-corrected chi connectivity index (χ2v) is 8.81. The number of hydrogen-bond donors (Lipinski definition) is 5. The molecule has 0 fully saturated rings. The van der Waals surface area contributed by atoms with Crippen molar-refractivity contribution in [2.45, 2.75) is 57.7 Å². The maximum absolute atomic E-state index is 13.5. The minimum atomic E-state index is -1.96. The molecule has 0 aliphatic heterocycles. The van der Waals surface area contributed by atoms with Crippen molar-refractivity contribution < 1.29 is 24.9 Å². The number of anilines is 1. The zero-order valence-corrected chi connectivity index (χ0v) is 19.7. The number of hydrogen-bond acceptors (Lipinski definition) is 4. The van der Waals surface area contributed by atoms with Gasteiger partial charge in [-0.15, -0.1) is 0 Å². The molecule has 3 aromatic rings. The van der Waals surface area contributed by atoms with Crippen LogP contribution in [0.15, 0.2) is 60.7 Å². The van der Waals surface area contributed by atoms with Crippen molar-refractivity contribution in [3.8, 4) is 11.1 Å². The first-order valence-corrected chi connectivity index (χ1v) is 11.5.